The first kappa shape index (κ1) is 8.74. The van der Waals surface area contributed by atoms with Gasteiger partial charge in [0.1, 0.15) is 0 Å². The highest BCUT2D eigenvalue weighted by atomic mass is 16.5. The highest BCUT2D eigenvalue weighted by Crippen LogP contribution is 2.13. The van der Waals surface area contributed by atoms with E-state index in [-0.39, 0.29) is 0 Å². The van der Waals surface area contributed by atoms with Crippen molar-refractivity contribution in [3.63, 3.8) is 0 Å². The first-order valence-corrected chi connectivity index (χ1v) is 4.33. The summed E-state index contributed by atoms with van der Waals surface area (Å²) in [5.41, 5.74) is 2.17. The average molecular weight is 189 g/mol. The molecular weight excluding hydrogens is 178 g/mol. The van der Waals surface area contributed by atoms with Gasteiger partial charge in [0.05, 0.1) is 19.0 Å². The maximum Gasteiger partial charge on any atom is 0.253 e. The van der Waals surface area contributed by atoms with Gasteiger partial charge < -0.3 is 4.74 Å². The zero-order chi connectivity index (χ0) is 9.97. The second-order valence-electron chi connectivity index (χ2n) is 2.99. The Labute approximate surface area is 82.1 Å². The van der Waals surface area contributed by atoms with Gasteiger partial charge >= 0.3 is 0 Å². The van der Waals surface area contributed by atoms with Crippen molar-refractivity contribution in [3.8, 4) is 11.6 Å². The van der Waals surface area contributed by atoms with Crippen molar-refractivity contribution in [2.75, 3.05) is 7.11 Å². The van der Waals surface area contributed by atoms with Crippen molar-refractivity contribution in [3.05, 3.63) is 36.0 Å². The summed E-state index contributed by atoms with van der Waals surface area (Å²) in [4.78, 5) is 0. The molecule has 0 radical (unpaired) electrons. The lowest BCUT2D eigenvalue weighted by Gasteiger charge is -2.02. The van der Waals surface area contributed by atoms with Crippen molar-refractivity contribution < 1.29 is 4.74 Å². The molecule has 0 spiro atoms. The van der Waals surface area contributed by atoms with Gasteiger partial charge in [-0.1, -0.05) is 28.5 Å². The normalized spacial score (nSPS) is 10.1. The minimum Gasteiger partial charge on any atom is -0.479 e. The van der Waals surface area contributed by atoms with Crippen molar-refractivity contribution in [2.24, 2.45) is 0 Å². The van der Waals surface area contributed by atoms with Gasteiger partial charge in [-0.3, -0.25) is 0 Å². The SMILES string of the molecule is COc1cn(-c2ccccc2C)nn1. The molecule has 1 heterocycles. The fraction of sp³-hybridized carbons (Fsp3) is 0.200. The first-order chi connectivity index (χ1) is 6.81. The summed E-state index contributed by atoms with van der Waals surface area (Å²) in [5.74, 6) is 0.522. The quantitative estimate of drug-likeness (QED) is 0.720. The van der Waals surface area contributed by atoms with Crippen LogP contribution in [0.1, 0.15) is 5.56 Å². The molecule has 2 rings (SSSR count). The summed E-state index contributed by atoms with van der Waals surface area (Å²) in [6.45, 7) is 2.03. The van der Waals surface area contributed by atoms with E-state index in [0.29, 0.717) is 5.88 Å². The number of para-hydroxylation sites is 1. The van der Waals surface area contributed by atoms with Gasteiger partial charge in [0, 0.05) is 0 Å². The molecule has 0 aliphatic rings. The van der Waals surface area contributed by atoms with Crippen molar-refractivity contribution in [1.82, 2.24) is 15.0 Å². The molecule has 0 amide bonds. The van der Waals surface area contributed by atoms with Crippen molar-refractivity contribution >= 4 is 0 Å². The number of aromatic nitrogens is 3. The van der Waals surface area contributed by atoms with E-state index in [1.54, 1.807) is 18.0 Å². The van der Waals surface area contributed by atoms with E-state index in [0.717, 1.165) is 11.3 Å². The van der Waals surface area contributed by atoms with Crippen LogP contribution in [-0.4, -0.2) is 22.1 Å². The predicted molar refractivity (Wildman–Crippen MR) is 52.6 cm³/mol. The molecule has 0 bridgehead atoms. The molecule has 4 heteroatoms. The number of aryl methyl sites for hydroxylation is 1. The summed E-state index contributed by atoms with van der Waals surface area (Å²) >= 11 is 0. The summed E-state index contributed by atoms with van der Waals surface area (Å²) < 4.78 is 6.66. The van der Waals surface area contributed by atoms with Gasteiger partial charge in [0.25, 0.3) is 5.88 Å². The fourth-order valence-electron chi connectivity index (χ4n) is 1.28. The maximum absolute atomic E-state index is 4.96. The van der Waals surface area contributed by atoms with Crippen LogP contribution in [0.4, 0.5) is 0 Å². The van der Waals surface area contributed by atoms with Crippen LogP contribution in [0.2, 0.25) is 0 Å². The van der Waals surface area contributed by atoms with Crippen molar-refractivity contribution in [2.45, 2.75) is 6.92 Å². The first-order valence-electron chi connectivity index (χ1n) is 4.33. The third kappa shape index (κ3) is 1.46. The monoisotopic (exact) mass is 189 g/mol. The lowest BCUT2D eigenvalue weighted by Crippen LogP contribution is -1.96. The van der Waals surface area contributed by atoms with Gasteiger partial charge in [-0.25, -0.2) is 4.68 Å². The van der Waals surface area contributed by atoms with Gasteiger partial charge in [-0.05, 0) is 18.6 Å². The molecule has 0 saturated carbocycles. The molecule has 0 aliphatic heterocycles. The predicted octanol–water partition coefficient (Wildman–Crippen LogP) is 1.58. The summed E-state index contributed by atoms with van der Waals surface area (Å²) in [7, 11) is 1.58. The van der Waals surface area contributed by atoms with Gasteiger partial charge in [0.2, 0.25) is 0 Å². The minimum atomic E-state index is 0.522. The summed E-state index contributed by atoms with van der Waals surface area (Å²) in [5, 5.41) is 7.80. The number of hydrogen-bond acceptors (Lipinski definition) is 3. The Balaban J connectivity index is 2.44. The molecule has 0 fully saturated rings. The Morgan fingerprint density at radius 3 is 2.71 bits per heavy atom. The van der Waals surface area contributed by atoms with Crippen LogP contribution in [0.25, 0.3) is 5.69 Å². The standard InChI is InChI=1S/C10H11N3O/c1-8-5-3-4-6-9(8)13-7-10(14-2)11-12-13/h3-7H,1-2H3. The fourth-order valence-corrected chi connectivity index (χ4v) is 1.28. The molecule has 72 valence electrons. The molecule has 14 heavy (non-hydrogen) atoms. The van der Waals surface area contributed by atoms with Crippen molar-refractivity contribution in [1.29, 1.82) is 0 Å². The summed E-state index contributed by atoms with van der Waals surface area (Å²) in [6, 6.07) is 7.98. The zero-order valence-corrected chi connectivity index (χ0v) is 8.14. The molecule has 0 unspecified atom stereocenters. The zero-order valence-electron chi connectivity index (χ0n) is 8.14. The van der Waals surface area contributed by atoms with Crippen LogP contribution in [0.3, 0.4) is 0 Å². The number of nitrogens with zero attached hydrogens (tertiary/aromatic N) is 3. The molecule has 0 saturated heterocycles. The van der Waals surface area contributed by atoms with E-state index < -0.39 is 0 Å². The lowest BCUT2D eigenvalue weighted by molar-refractivity contribution is 0.397. The molecule has 2 aromatic rings. The van der Waals surface area contributed by atoms with Crippen LogP contribution in [0.15, 0.2) is 30.5 Å². The molecule has 0 aliphatic carbocycles. The van der Waals surface area contributed by atoms with Crippen LogP contribution in [-0.2, 0) is 0 Å². The Bertz CT molecular complexity index is 436. The average Bonchev–Trinajstić information content (AvgIpc) is 2.67. The Morgan fingerprint density at radius 2 is 2.07 bits per heavy atom. The van der Waals surface area contributed by atoms with E-state index in [4.69, 9.17) is 4.74 Å². The third-order valence-electron chi connectivity index (χ3n) is 2.04. The highest BCUT2D eigenvalue weighted by molar-refractivity contribution is 5.39. The molecule has 4 nitrogen and oxygen atoms in total. The largest absolute Gasteiger partial charge is 0.479 e. The second-order valence-corrected chi connectivity index (χ2v) is 2.99. The van der Waals surface area contributed by atoms with Crippen LogP contribution in [0, 0.1) is 6.92 Å². The van der Waals surface area contributed by atoms with Gasteiger partial charge in [-0.2, -0.15) is 0 Å². The Hall–Kier alpha value is -1.84. The highest BCUT2D eigenvalue weighted by Gasteiger charge is 2.03. The number of benzene rings is 1. The number of hydrogen-bond donors (Lipinski definition) is 0. The Kier molecular flexibility index (Phi) is 2.18. The third-order valence-corrected chi connectivity index (χ3v) is 2.04. The lowest BCUT2D eigenvalue weighted by atomic mass is 10.2. The van der Waals surface area contributed by atoms with Crippen LogP contribution >= 0.6 is 0 Å². The van der Waals surface area contributed by atoms with E-state index in [1.165, 1.54) is 0 Å². The van der Waals surface area contributed by atoms with Crippen LogP contribution in [0.5, 0.6) is 5.88 Å². The molecule has 0 atom stereocenters. The molecular formula is C10H11N3O. The van der Waals surface area contributed by atoms with Gasteiger partial charge in [0.15, 0.2) is 0 Å². The topological polar surface area (TPSA) is 39.9 Å². The second kappa shape index (κ2) is 3.49. The molecule has 1 aromatic carbocycles. The van der Waals surface area contributed by atoms with E-state index >= 15 is 0 Å². The molecule has 1 aromatic heterocycles. The Morgan fingerprint density at radius 1 is 1.29 bits per heavy atom. The summed E-state index contributed by atoms with van der Waals surface area (Å²) in [6.07, 6.45) is 1.75. The molecule has 0 N–H and O–H groups in total. The number of rotatable bonds is 2. The number of ether oxygens (including phenoxy) is 1. The van der Waals surface area contributed by atoms with Gasteiger partial charge in [-0.15, -0.1) is 0 Å². The smallest absolute Gasteiger partial charge is 0.253 e. The number of methoxy groups -OCH3 is 1. The van der Waals surface area contributed by atoms with Crippen LogP contribution < -0.4 is 4.74 Å². The minimum absolute atomic E-state index is 0.522. The maximum atomic E-state index is 4.96. The van der Waals surface area contributed by atoms with E-state index in [9.17, 15) is 0 Å². The van der Waals surface area contributed by atoms with E-state index in [2.05, 4.69) is 10.3 Å². The van der Waals surface area contributed by atoms with E-state index in [1.807, 2.05) is 31.2 Å².